The van der Waals surface area contributed by atoms with Crippen LogP contribution >= 0.6 is 55.1 Å². The molecule has 1 atom stereocenters. The van der Waals surface area contributed by atoms with Crippen LogP contribution in [0.3, 0.4) is 0 Å². The van der Waals surface area contributed by atoms with Gasteiger partial charge in [0.15, 0.2) is 0 Å². The highest BCUT2D eigenvalue weighted by atomic mass is 79.9. The van der Waals surface area contributed by atoms with Gasteiger partial charge in [-0.25, -0.2) is 4.79 Å². The van der Waals surface area contributed by atoms with Crippen LogP contribution in [0.4, 0.5) is 10.5 Å². The van der Waals surface area contributed by atoms with Crippen LogP contribution < -0.4 is 10.6 Å². The van der Waals surface area contributed by atoms with Crippen molar-refractivity contribution >= 4 is 72.7 Å². The van der Waals surface area contributed by atoms with Crippen LogP contribution in [0, 0.1) is 0 Å². The molecule has 0 fully saturated rings. The molecule has 0 spiro atoms. The first-order chi connectivity index (χ1) is 8.31. The molecule has 0 aromatic heterocycles. The summed E-state index contributed by atoms with van der Waals surface area (Å²) >= 11 is 17.9. The summed E-state index contributed by atoms with van der Waals surface area (Å²) < 4.78 is 1.17. The maximum atomic E-state index is 11.5. The molecule has 98 valence electrons. The van der Waals surface area contributed by atoms with E-state index >= 15 is 0 Å². The topological polar surface area (TPSA) is 58.2 Å². The molecule has 0 saturated heterocycles. The molecule has 8 heteroatoms. The number of halogens is 4. The Morgan fingerprint density at radius 1 is 1.28 bits per heavy atom. The summed E-state index contributed by atoms with van der Waals surface area (Å²) in [5.41, 5.74) is 0.465. The number of urea groups is 1. The number of alkyl halides is 1. The molecule has 1 rings (SSSR count). The molecule has 4 nitrogen and oxygen atoms in total. The third kappa shape index (κ3) is 4.42. The van der Waals surface area contributed by atoms with Gasteiger partial charge < -0.3 is 5.32 Å². The fraction of sp³-hybridized carbons (Fsp3) is 0.200. The number of carbonyl (C=O) groups is 2. The highest BCUT2D eigenvalue weighted by Gasteiger charge is 2.15. The van der Waals surface area contributed by atoms with Gasteiger partial charge in [0.1, 0.15) is 5.38 Å². The average molecular weight is 419 g/mol. The van der Waals surface area contributed by atoms with Gasteiger partial charge in [-0.2, -0.15) is 0 Å². The van der Waals surface area contributed by atoms with Gasteiger partial charge >= 0.3 is 6.03 Å². The fourth-order valence-electron chi connectivity index (χ4n) is 1.02. The van der Waals surface area contributed by atoms with E-state index < -0.39 is 17.3 Å². The van der Waals surface area contributed by atoms with Gasteiger partial charge in [-0.05, 0) is 50.9 Å². The van der Waals surface area contributed by atoms with Crippen molar-refractivity contribution in [2.45, 2.75) is 12.3 Å². The third-order valence-electron chi connectivity index (χ3n) is 1.84. The molecule has 0 aliphatic heterocycles. The molecule has 18 heavy (non-hydrogen) atoms. The summed E-state index contributed by atoms with van der Waals surface area (Å²) in [5.74, 6) is -0.574. The van der Waals surface area contributed by atoms with E-state index in [1.165, 1.54) is 6.92 Å². The Kier molecular flexibility index (Phi) is 5.91. The number of carbonyl (C=O) groups excluding carboxylic acids is 2. The van der Waals surface area contributed by atoms with Crippen LogP contribution in [-0.4, -0.2) is 17.3 Å². The quantitative estimate of drug-likeness (QED) is 0.709. The Bertz CT molecular complexity index is 472. The zero-order chi connectivity index (χ0) is 13.9. The standard InChI is InChI=1S/C10H8Br2Cl2N2O2/c1-4(13)9(17)16-10(18)15-8-6(11)2-5(14)3-7(8)12/h2-4H,1H3,(H2,15,16,17,18). The number of anilines is 1. The van der Waals surface area contributed by atoms with Gasteiger partial charge in [0, 0.05) is 14.0 Å². The zero-order valence-corrected chi connectivity index (χ0v) is 13.7. The van der Waals surface area contributed by atoms with Gasteiger partial charge in [-0.15, -0.1) is 11.6 Å². The monoisotopic (exact) mass is 416 g/mol. The van der Waals surface area contributed by atoms with Crippen LogP contribution in [-0.2, 0) is 4.79 Å². The highest BCUT2D eigenvalue weighted by Crippen LogP contribution is 2.34. The van der Waals surface area contributed by atoms with E-state index in [0.29, 0.717) is 19.7 Å². The summed E-state index contributed by atoms with van der Waals surface area (Å²) in [6.45, 7) is 1.47. The smallest absolute Gasteiger partial charge is 0.305 e. The predicted molar refractivity (Wildman–Crippen MR) is 79.3 cm³/mol. The van der Waals surface area contributed by atoms with Gasteiger partial charge in [-0.1, -0.05) is 11.6 Å². The molecule has 0 bridgehead atoms. The Morgan fingerprint density at radius 2 is 1.78 bits per heavy atom. The second-order valence-electron chi connectivity index (χ2n) is 3.30. The minimum absolute atomic E-state index is 0.465. The second-order valence-corrected chi connectivity index (χ2v) is 6.10. The lowest BCUT2D eigenvalue weighted by Crippen LogP contribution is -2.38. The van der Waals surface area contributed by atoms with E-state index in [2.05, 4.69) is 42.5 Å². The van der Waals surface area contributed by atoms with Crippen LogP contribution in [0.2, 0.25) is 5.02 Å². The van der Waals surface area contributed by atoms with Crippen molar-refractivity contribution in [3.8, 4) is 0 Å². The maximum Gasteiger partial charge on any atom is 0.325 e. The number of rotatable bonds is 2. The lowest BCUT2D eigenvalue weighted by Gasteiger charge is -2.11. The summed E-state index contributed by atoms with van der Waals surface area (Å²) in [6, 6.07) is 2.57. The Balaban J connectivity index is 2.80. The average Bonchev–Trinajstić information content (AvgIpc) is 2.23. The highest BCUT2D eigenvalue weighted by molar-refractivity contribution is 9.11. The third-order valence-corrected chi connectivity index (χ3v) is 3.51. The first-order valence-electron chi connectivity index (χ1n) is 4.71. The molecular formula is C10H8Br2Cl2N2O2. The Morgan fingerprint density at radius 3 is 2.22 bits per heavy atom. The summed E-state index contributed by atoms with van der Waals surface area (Å²) in [6.07, 6.45) is 0. The van der Waals surface area contributed by atoms with E-state index in [1.807, 2.05) is 0 Å². The number of hydrogen-bond acceptors (Lipinski definition) is 2. The van der Waals surface area contributed by atoms with Crippen LogP contribution in [0.5, 0.6) is 0 Å². The van der Waals surface area contributed by atoms with E-state index in [0.717, 1.165) is 0 Å². The van der Waals surface area contributed by atoms with E-state index in [1.54, 1.807) is 12.1 Å². The predicted octanol–water partition coefficient (Wildman–Crippen LogP) is 4.14. The fourth-order valence-corrected chi connectivity index (χ4v) is 2.94. The normalized spacial score (nSPS) is 11.8. The van der Waals surface area contributed by atoms with Crippen LogP contribution in [0.1, 0.15) is 6.92 Å². The van der Waals surface area contributed by atoms with Crippen molar-refractivity contribution in [1.82, 2.24) is 5.32 Å². The second kappa shape index (κ2) is 6.75. The molecule has 0 heterocycles. The molecule has 0 radical (unpaired) electrons. The Labute approximate surface area is 131 Å². The van der Waals surface area contributed by atoms with Crippen LogP contribution in [0.25, 0.3) is 0 Å². The molecule has 2 N–H and O–H groups in total. The molecule has 0 saturated carbocycles. The largest absolute Gasteiger partial charge is 0.325 e. The molecule has 0 aliphatic carbocycles. The number of amides is 3. The molecule has 3 amide bonds. The molecule has 1 aromatic rings. The lowest BCUT2D eigenvalue weighted by molar-refractivity contribution is -0.119. The Hall–Kier alpha value is -0.300. The van der Waals surface area contributed by atoms with Crippen molar-refractivity contribution in [2.24, 2.45) is 0 Å². The van der Waals surface area contributed by atoms with Crippen molar-refractivity contribution < 1.29 is 9.59 Å². The minimum Gasteiger partial charge on any atom is -0.305 e. The molecule has 1 aromatic carbocycles. The van der Waals surface area contributed by atoms with Crippen molar-refractivity contribution in [2.75, 3.05) is 5.32 Å². The van der Waals surface area contributed by atoms with E-state index in [-0.39, 0.29) is 0 Å². The summed E-state index contributed by atoms with van der Waals surface area (Å²) in [5, 5.41) is 4.33. The number of benzene rings is 1. The summed E-state index contributed by atoms with van der Waals surface area (Å²) in [7, 11) is 0. The maximum absolute atomic E-state index is 11.5. The minimum atomic E-state index is -0.784. The first kappa shape index (κ1) is 15.8. The van der Waals surface area contributed by atoms with Gasteiger partial charge in [0.25, 0.3) is 0 Å². The zero-order valence-electron chi connectivity index (χ0n) is 9.06. The first-order valence-corrected chi connectivity index (χ1v) is 7.11. The van der Waals surface area contributed by atoms with Gasteiger partial charge in [0.2, 0.25) is 5.91 Å². The summed E-state index contributed by atoms with van der Waals surface area (Å²) in [4.78, 5) is 22.8. The van der Waals surface area contributed by atoms with Crippen molar-refractivity contribution in [3.63, 3.8) is 0 Å². The molecule has 0 aliphatic rings. The van der Waals surface area contributed by atoms with E-state index in [9.17, 15) is 9.59 Å². The molecule has 1 unspecified atom stereocenters. The van der Waals surface area contributed by atoms with Gasteiger partial charge in [0.05, 0.1) is 5.69 Å². The number of imide groups is 1. The van der Waals surface area contributed by atoms with Crippen LogP contribution in [0.15, 0.2) is 21.1 Å². The lowest BCUT2D eigenvalue weighted by atomic mass is 10.3. The SMILES string of the molecule is CC(Cl)C(=O)NC(=O)Nc1c(Br)cc(Cl)cc1Br. The van der Waals surface area contributed by atoms with Crippen molar-refractivity contribution in [1.29, 1.82) is 0 Å². The number of hydrogen-bond donors (Lipinski definition) is 2. The van der Waals surface area contributed by atoms with Crippen molar-refractivity contribution in [3.05, 3.63) is 26.1 Å². The molecular weight excluding hydrogens is 411 g/mol. The number of nitrogens with one attached hydrogen (secondary N) is 2. The van der Waals surface area contributed by atoms with Gasteiger partial charge in [-0.3, -0.25) is 10.1 Å². The van der Waals surface area contributed by atoms with E-state index in [4.69, 9.17) is 23.2 Å².